The van der Waals surface area contributed by atoms with Crippen molar-refractivity contribution in [2.24, 2.45) is 7.05 Å². The summed E-state index contributed by atoms with van der Waals surface area (Å²) in [6.45, 7) is 2.16. The number of benzene rings is 2. The number of rotatable bonds is 6. The summed E-state index contributed by atoms with van der Waals surface area (Å²) in [6, 6.07) is 19.2. The topological polar surface area (TPSA) is 64.0 Å². The van der Waals surface area contributed by atoms with Crippen molar-refractivity contribution in [3.63, 3.8) is 0 Å². The number of thiophene rings is 1. The van der Waals surface area contributed by atoms with Crippen molar-refractivity contribution in [1.29, 1.82) is 0 Å². The van der Waals surface area contributed by atoms with Gasteiger partial charge in [-0.3, -0.25) is 9.59 Å². The predicted molar refractivity (Wildman–Crippen MR) is 121 cm³/mol. The molecule has 1 N–H and O–H groups in total. The Bertz CT molecular complexity index is 1230. The lowest BCUT2D eigenvalue weighted by molar-refractivity contribution is 0.0938. The second-order valence-electron chi connectivity index (χ2n) is 7.24. The van der Waals surface area contributed by atoms with Crippen LogP contribution >= 0.6 is 11.3 Å². The second-order valence-corrected chi connectivity index (χ2v) is 8.22. The monoisotopic (exact) mass is 417 g/mol. The van der Waals surface area contributed by atoms with Crippen molar-refractivity contribution in [3.05, 3.63) is 98.1 Å². The molecule has 0 aliphatic rings. The molecule has 0 saturated heterocycles. The number of hydrogen-bond acceptors (Lipinski definition) is 4. The molecule has 30 heavy (non-hydrogen) atoms. The average Bonchev–Trinajstić information content (AvgIpc) is 3.30. The highest BCUT2D eigenvalue weighted by Gasteiger charge is 2.22. The van der Waals surface area contributed by atoms with Crippen molar-refractivity contribution < 1.29 is 4.79 Å². The Hall–Kier alpha value is -3.25. The molecular formula is C24H23N3O2S. The standard InChI is InChI=1S/C24H23N3O2S/c1-3-7-16-11-13-17(14-12-16)21(20-10-6-15-30-20)25-23(28)22-18-8-4-5-9-19(18)24(29)27(2)26-22/h4-6,8-15,21H,3,7H2,1-2H3,(H,25,28)/t21-/m1/s1. The molecule has 1 atom stereocenters. The summed E-state index contributed by atoms with van der Waals surface area (Å²) in [6.07, 6.45) is 2.13. The Balaban J connectivity index is 1.72. The van der Waals surface area contributed by atoms with E-state index in [1.165, 1.54) is 10.2 Å². The maximum absolute atomic E-state index is 13.3. The molecule has 2 aromatic carbocycles. The van der Waals surface area contributed by atoms with Gasteiger partial charge in [-0.1, -0.05) is 61.9 Å². The molecule has 0 fully saturated rings. The Morgan fingerprint density at radius 1 is 1.07 bits per heavy atom. The Morgan fingerprint density at radius 2 is 1.80 bits per heavy atom. The summed E-state index contributed by atoms with van der Waals surface area (Å²) in [4.78, 5) is 26.7. The normalized spacial score (nSPS) is 12.1. The van der Waals surface area contributed by atoms with E-state index in [0.29, 0.717) is 10.8 Å². The fourth-order valence-electron chi connectivity index (χ4n) is 3.61. The number of carbonyl (C=O) groups excluding carboxylic acids is 1. The Morgan fingerprint density at radius 3 is 2.47 bits per heavy atom. The van der Waals surface area contributed by atoms with Crippen LogP contribution in [0.15, 0.2) is 70.8 Å². The largest absolute Gasteiger partial charge is 0.339 e. The number of hydrogen-bond donors (Lipinski definition) is 1. The minimum absolute atomic E-state index is 0.219. The predicted octanol–water partition coefficient (Wildman–Crippen LogP) is 4.47. The van der Waals surface area contributed by atoms with Gasteiger partial charge in [0.1, 0.15) is 0 Å². The highest BCUT2D eigenvalue weighted by Crippen LogP contribution is 2.27. The van der Waals surface area contributed by atoms with Gasteiger partial charge < -0.3 is 5.32 Å². The molecule has 0 bridgehead atoms. The van der Waals surface area contributed by atoms with Crippen LogP contribution in [0.1, 0.15) is 45.9 Å². The van der Waals surface area contributed by atoms with Crippen LogP contribution < -0.4 is 10.9 Å². The van der Waals surface area contributed by atoms with Crippen molar-refractivity contribution >= 4 is 28.0 Å². The summed E-state index contributed by atoms with van der Waals surface area (Å²) in [5, 5.41) is 10.4. The van der Waals surface area contributed by atoms with E-state index in [0.717, 1.165) is 23.3 Å². The van der Waals surface area contributed by atoms with Crippen molar-refractivity contribution in [2.45, 2.75) is 25.8 Å². The summed E-state index contributed by atoms with van der Waals surface area (Å²) in [5.41, 5.74) is 2.32. The minimum Gasteiger partial charge on any atom is -0.339 e. The molecule has 4 aromatic rings. The molecule has 152 valence electrons. The minimum atomic E-state index is -0.308. The molecule has 0 unspecified atom stereocenters. The molecule has 2 heterocycles. The van der Waals surface area contributed by atoms with E-state index in [9.17, 15) is 9.59 Å². The van der Waals surface area contributed by atoms with E-state index >= 15 is 0 Å². The number of fused-ring (bicyclic) bond motifs is 1. The van der Waals surface area contributed by atoms with Crippen molar-refractivity contribution in [1.82, 2.24) is 15.1 Å². The molecule has 0 spiro atoms. The Labute approximate surface area is 179 Å². The number of nitrogens with one attached hydrogen (secondary N) is 1. The number of aryl methyl sites for hydroxylation is 2. The van der Waals surface area contributed by atoms with Gasteiger partial charge in [0.2, 0.25) is 0 Å². The molecule has 0 aliphatic carbocycles. The molecule has 4 rings (SSSR count). The summed E-state index contributed by atoms with van der Waals surface area (Å²) >= 11 is 1.60. The van der Waals surface area contributed by atoms with Crippen LogP contribution in [0.5, 0.6) is 0 Å². The van der Waals surface area contributed by atoms with Crippen LogP contribution in [0.4, 0.5) is 0 Å². The number of carbonyl (C=O) groups is 1. The SMILES string of the molecule is CCCc1ccc([C@@H](NC(=O)c2nn(C)c(=O)c3ccccc23)c2cccs2)cc1. The van der Waals surface area contributed by atoms with Gasteiger partial charge in [-0.2, -0.15) is 5.10 Å². The lowest BCUT2D eigenvalue weighted by Gasteiger charge is -2.19. The maximum atomic E-state index is 13.3. The molecule has 0 aliphatic heterocycles. The van der Waals surface area contributed by atoms with Crippen LogP contribution in [0.2, 0.25) is 0 Å². The fraction of sp³-hybridized carbons (Fsp3) is 0.208. The molecular weight excluding hydrogens is 394 g/mol. The van der Waals surface area contributed by atoms with Crippen molar-refractivity contribution in [2.75, 3.05) is 0 Å². The van der Waals surface area contributed by atoms with Gasteiger partial charge in [-0.25, -0.2) is 4.68 Å². The lowest BCUT2D eigenvalue weighted by Crippen LogP contribution is -2.32. The molecule has 0 saturated carbocycles. The smallest absolute Gasteiger partial charge is 0.274 e. The molecule has 5 nitrogen and oxygen atoms in total. The van der Waals surface area contributed by atoms with Crippen LogP contribution in [-0.4, -0.2) is 15.7 Å². The third kappa shape index (κ3) is 3.91. The Kier molecular flexibility index (Phi) is 5.77. The first-order valence-electron chi connectivity index (χ1n) is 9.97. The zero-order valence-corrected chi connectivity index (χ0v) is 17.8. The molecule has 0 radical (unpaired) electrons. The van der Waals surface area contributed by atoms with Gasteiger partial charge >= 0.3 is 0 Å². The van der Waals surface area contributed by atoms with E-state index < -0.39 is 0 Å². The first-order valence-corrected chi connectivity index (χ1v) is 10.9. The first kappa shape index (κ1) is 20.0. The van der Waals surface area contributed by atoms with Crippen LogP contribution in [0.25, 0.3) is 10.8 Å². The molecule has 1 amide bonds. The third-order valence-corrected chi connectivity index (χ3v) is 6.06. The van der Waals surface area contributed by atoms with E-state index in [-0.39, 0.29) is 23.2 Å². The number of amides is 1. The molecule has 2 aromatic heterocycles. The highest BCUT2D eigenvalue weighted by molar-refractivity contribution is 7.10. The summed E-state index contributed by atoms with van der Waals surface area (Å²) in [7, 11) is 1.56. The van der Waals surface area contributed by atoms with E-state index in [4.69, 9.17) is 0 Å². The third-order valence-electron chi connectivity index (χ3n) is 5.13. The van der Waals surface area contributed by atoms with E-state index in [1.807, 2.05) is 23.6 Å². The van der Waals surface area contributed by atoms with Gasteiger partial charge in [0.05, 0.1) is 11.4 Å². The fourth-order valence-corrected chi connectivity index (χ4v) is 4.41. The lowest BCUT2D eigenvalue weighted by atomic mass is 10.0. The zero-order valence-electron chi connectivity index (χ0n) is 17.0. The van der Waals surface area contributed by atoms with Crippen LogP contribution in [0, 0.1) is 0 Å². The van der Waals surface area contributed by atoms with Crippen LogP contribution in [-0.2, 0) is 13.5 Å². The quantitative estimate of drug-likeness (QED) is 0.504. The van der Waals surface area contributed by atoms with E-state index in [1.54, 1.807) is 36.6 Å². The molecule has 6 heteroatoms. The van der Waals surface area contributed by atoms with Gasteiger partial charge in [0.15, 0.2) is 5.69 Å². The van der Waals surface area contributed by atoms with Crippen LogP contribution in [0.3, 0.4) is 0 Å². The van der Waals surface area contributed by atoms with Gasteiger partial charge in [-0.05, 0) is 35.1 Å². The van der Waals surface area contributed by atoms with Gasteiger partial charge in [0.25, 0.3) is 11.5 Å². The number of aromatic nitrogens is 2. The second kappa shape index (κ2) is 8.63. The number of nitrogens with zero attached hydrogens (tertiary/aromatic N) is 2. The van der Waals surface area contributed by atoms with Gasteiger partial charge in [-0.15, -0.1) is 11.3 Å². The van der Waals surface area contributed by atoms with Gasteiger partial charge in [0, 0.05) is 17.3 Å². The van der Waals surface area contributed by atoms with Crippen molar-refractivity contribution in [3.8, 4) is 0 Å². The summed E-state index contributed by atoms with van der Waals surface area (Å²) < 4.78 is 1.22. The summed E-state index contributed by atoms with van der Waals surface area (Å²) in [5.74, 6) is -0.308. The van der Waals surface area contributed by atoms with E-state index in [2.05, 4.69) is 41.6 Å². The maximum Gasteiger partial charge on any atom is 0.274 e. The highest BCUT2D eigenvalue weighted by atomic mass is 32.1. The first-order chi connectivity index (χ1) is 14.6. The zero-order chi connectivity index (χ0) is 21.1. The average molecular weight is 418 g/mol.